The molecule has 1 aliphatic carbocycles. The first-order valence-corrected chi connectivity index (χ1v) is 5.46. The summed E-state index contributed by atoms with van der Waals surface area (Å²) in [5.74, 6) is 0.334. The van der Waals surface area contributed by atoms with E-state index in [1.165, 1.54) is 0 Å². The van der Waals surface area contributed by atoms with E-state index in [2.05, 4.69) is 6.92 Å². The molecule has 1 saturated heterocycles. The maximum atomic E-state index is 11.8. The molecule has 0 unspecified atom stereocenters. The van der Waals surface area contributed by atoms with Gasteiger partial charge in [0.25, 0.3) is 0 Å². The summed E-state index contributed by atoms with van der Waals surface area (Å²) >= 11 is 0. The third-order valence-electron chi connectivity index (χ3n) is 3.12. The fraction of sp³-hybridized carbons (Fsp3) is 0.909. The summed E-state index contributed by atoms with van der Waals surface area (Å²) < 4.78 is 5.61. The van der Waals surface area contributed by atoms with Crippen LogP contribution >= 0.6 is 0 Å². The van der Waals surface area contributed by atoms with E-state index < -0.39 is 0 Å². The van der Waals surface area contributed by atoms with Gasteiger partial charge in [0.15, 0.2) is 0 Å². The topological polar surface area (TPSA) is 29.5 Å². The lowest BCUT2D eigenvalue weighted by Gasteiger charge is -2.41. The van der Waals surface area contributed by atoms with Crippen molar-refractivity contribution >= 4 is 5.91 Å². The summed E-state index contributed by atoms with van der Waals surface area (Å²) in [6.45, 7) is 7.73. The molecule has 0 N–H and O–H groups in total. The van der Waals surface area contributed by atoms with Crippen LogP contribution in [0.2, 0.25) is 0 Å². The molecule has 0 aromatic carbocycles. The molecule has 2 rings (SSSR count). The molecule has 14 heavy (non-hydrogen) atoms. The van der Waals surface area contributed by atoms with E-state index in [-0.39, 0.29) is 17.6 Å². The molecule has 3 nitrogen and oxygen atoms in total. The van der Waals surface area contributed by atoms with Gasteiger partial charge in [-0.2, -0.15) is 0 Å². The third kappa shape index (κ3) is 1.78. The lowest BCUT2D eigenvalue weighted by atomic mass is 10.0. The molecule has 0 atom stereocenters. The Bertz CT molecular complexity index is 240. The molecule has 1 saturated carbocycles. The van der Waals surface area contributed by atoms with E-state index in [1.807, 2.05) is 18.7 Å². The molecular formula is C11H19NO2. The van der Waals surface area contributed by atoms with E-state index in [1.54, 1.807) is 0 Å². The van der Waals surface area contributed by atoms with Gasteiger partial charge in [-0.1, -0.05) is 6.92 Å². The van der Waals surface area contributed by atoms with Crippen LogP contribution in [0.15, 0.2) is 0 Å². The normalized spacial score (nSPS) is 25.0. The molecular weight excluding hydrogens is 178 g/mol. The average molecular weight is 197 g/mol. The first kappa shape index (κ1) is 9.97. The van der Waals surface area contributed by atoms with E-state index >= 15 is 0 Å². The van der Waals surface area contributed by atoms with Crippen LogP contribution in [0.4, 0.5) is 0 Å². The fourth-order valence-corrected chi connectivity index (χ4v) is 1.86. The molecule has 1 heterocycles. The molecule has 0 aromatic rings. The molecule has 2 fully saturated rings. The molecule has 1 amide bonds. The van der Waals surface area contributed by atoms with E-state index in [0.29, 0.717) is 5.91 Å². The van der Waals surface area contributed by atoms with Crippen molar-refractivity contribution in [2.75, 3.05) is 13.1 Å². The van der Waals surface area contributed by atoms with Gasteiger partial charge < -0.3 is 9.64 Å². The van der Waals surface area contributed by atoms with Gasteiger partial charge >= 0.3 is 0 Å². The smallest absolute Gasteiger partial charge is 0.228 e. The second-order valence-corrected chi connectivity index (χ2v) is 5.08. The highest BCUT2D eigenvalue weighted by atomic mass is 16.5. The average Bonchev–Trinajstić information content (AvgIpc) is 2.75. The highest BCUT2D eigenvalue weighted by Gasteiger charge is 2.49. The minimum absolute atomic E-state index is 0.0111. The molecule has 0 aromatic heterocycles. The van der Waals surface area contributed by atoms with Crippen LogP contribution in [-0.4, -0.2) is 36.1 Å². The quantitative estimate of drug-likeness (QED) is 0.685. The summed E-state index contributed by atoms with van der Waals surface area (Å²) in [7, 11) is 0. The van der Waals surface area contributed by atoms with Crippen molar-refractivity contribution in [3.05, 3.63) is 0 Å². The Kier molecular flexibility index (Phi) is 2.30. The maximum absolute atomic E-state index is 11.8. The summed E-state index contributed by atoms with van der Waals surface area (Å²) in [6, 6.07) is 0. The van der Waals surface area contributed by atoms with E-state index in [9.17, 15) is 4.79 Å². The lowest BCUT2D eigenvalue weighted by Crippen LogP contribution is -2.57. The van der Waals surface area contributed by atoms with Crippen LogP contribution in [0.3, 0.4) is 0 Å². The first-order chi connectivity index (χ1) is 6.51. The molecule has 0 spiro atoms. The maximum Gasteiger partial charge on any atom is 0.228 e. The summed E-state index contributed by atoms with van der Waals surface area (Å²) in [4.78, 5) is 13.7. The van der Waals surface area contributed by atoms with Crippen LogP contribution in [0.25, 0.3) is 0 Å². The SMILES string of the molecule is CC(C)OC1CN(C(=O)C2(C)CC2)C1. The van der Waals surface area contributed by atoms with Gasteiger partial charge in [0.05, 0.1) is 12.2 Å². The fourth-order valence-electron chi connectivity index (χ4n) is 1.86. The van der Waals surface area contributed by atoms with Crippen molar-refractivity contribution in [3.63, 3.8) is 0 Å². The minimum atomic E-state index is -0.0111. The largest absolute Gasteiger partial charge is 0.372 e. The van der Waals surface area contributed by atoms with E-state index in [4.69, 9.17) is 4.74 Å². The Morgan fingerprint density at radius 3 is 2.43 bits per heavy atom. The van der Waals surface area contributed by atoms with Crippen molar-refractivity contribution < 1.29 is 9.53 Å². The summed E-state index contributed by atoms with van der Waals surface area (Å²) in [5, 5.41) is 0. The van der Waals surface area contributed by atoms with Crippen molar-refractivity contribution in [1.29, 1.82) is 0 Å². The van der Waals surface area contributed by atoms with Crippen LogP contribution in [0.5, 0.6) is 0 Å². The van der Waals surface area contributed by atoms with Crippen molar-refractivity contribution in [2.24, 2.45) is 5.41 Å². The number of hydrogen-bond donors (Lipinski definition) is 0. The molecule has 2 aliphatic rings. The molecule has 1 aliphatic heterocycles. The van der Waals surface area contributed by atoms with Gasteiger partial charge in [-0.3, -0.25) is 4.79 Å². The molecule has 80 valence electrons. The van der Waals surface area contributed by atoms with Crippen molar-refractivity contribution in [2.45, 2.75) is 45.8 Å². The van der Waals surface area contributed by atoms with Crippen LogP contribution in [0.1, 0.15) is 33.6 Å². The Labute approximate surface area is 85.4 Å². The predicted molar refractivity (Wildman–Crippen MR) is 53.9 cm³/mol. The van der Waals surface area contributed by atoms with Gasteiger partial charge in [0, 0.05) is 18.5 Å². The van der Waals surface area contributed by atoms with Crippen molar-refractivity contribution in [3.8, 4) is 0 Å². The first-order valence-electron chi connectivity index (χ1n) is 5.46. The Morgan fingerprint density at radius 2 is 2.00 bits per heavy atom. The number of carbonyl (C=O) groups is 1. The highest BCUT2D eigenvalue weighted by molar-refractivity contribution is 5.85. The van der Waals surface area contributed by atoms with Gasteiger partial charge in [-0.15, -0.1) is 0 Å². The number of hydrogen-bond acceptors (Lipinski definition) is 2. The highest BCUT2D eigenvalue weighted by Crippen LogP contribution is 2.47. The van der Waals surface area contributed by atoms with Gasteiger partial charge in [-0.05, 0) is 26.7 Å². The number of nitrogens with zero attached hydrogens (tertiary/aromatic N) is 1. The second-order valence-electron chi connectivity index (χ2n) is 5.08. The summed E-state index contributed by atoms with van der Waals surface area (Å²) in [6.07, 6.45) is 2.69. The molecule has 0 radical (unpaired) electrons. The Morgan fingerprint density at radius 1 is 1.43 bits per heavy atom. The van der Waals surface area contributed by atoms with E-state index in [0.717, 1.165) is 25.9 Å². The zero-order chi connectivity index (χ0) is 10.3. The zero-order valence-electron chi connectivity index (χ0n) is 9.25. The van der Waals surface area contributed by atoms with Gasteiger partial charge in [0.1, 0.15) is 0 Å². The number of amides is 1. The predicted octanol–water partition coefficient (Wildman–Crippen LogP) is 1.42. The second kappa shape index (κ2) is 3.23. The van der Waals surface area contributed by atoms with Crippen LogP contribution < -0.4 is 0 Å². The number of likely N-dealkylation sites (tertiary alicyclic amines) is 1. The monoisotopic (exact) mass is 197 g/mol. The van der Waals surface area contributed by atoms with Crippen LogP contribution in [0, 0.1) is 5.41 Å². The number of rotatable bonds is 3. The molecule has 3 heteroatoms. The summed E-state index contributed by atoms with van der Waals surface area (Å²) in [5.41, 5.74) is -0.0111. The van der Waals surface area contributed by atoms with Gasteiger partial charge in [-0.25, -0.2) is 0 Å². The van der Waals surface area contributed by atoms with Crippen LogP contribution in [-0.2, 0) is 9.53 Å². The van der Waals surface area contributed by atoms with Gasteiger partial charge in [0.2, 0.25) is 5.91 Å². The number of carbonyl (C=O) groups excluding carboxylic acids is 1. The third-order valence-corrected chi connectivity index (χ3v) is 3.12. The van der Waals surface area contributed by atoms with Crippen molar-refractivity contribution in [1.82, 2.24) is 4.90 Å². The Balaban J connectivity index is 1.75. The zero-order valence-corrected chi connectivity index (χ0v) is 9.25. The Hall–Kier alpha value is -0.570. The number of ether oxygens (including phenoxy) is 1. The standard InChI is InChI=1S/C11H19NO2/c1-8(2)14-9-6-12(7-9)10(13)11(3)4-5-11/h8-9H,4-7H2,1-3H3. The lowest BCUT2D eigenvalue weighted by molar-refractivity contribution is -0.153. The molecule has 0 bridgehead atoms. The minimum Gasteiger partial charge on any atom is -0.372 e.